The summed E-state index contributed by atoms with van der Waals surface area (Å²) in [5.74, 6) is 0.560. The van der Waals surface area contributed by atoms with Crippen LogP contribution < -0.4 is 0 Å². The molecule has 0 saturated heterocycles. The zero-order valence-corrected chi connectivity index (χ0v) is 22.6. The fourth-order valence-corrected chi connectivity index (χ4v) is 4.06. The number of allylic oxidation sites excluding steroid dienone is 4. The summed E-state index contributed by atoms with van der Waals surface area (Å²) in [4.78, 5) is 0. The third-order valence-electron chi connectivity index (χ3n) is 5.99. The molecule has 1 unspecified atom stereocenters. The Morgan fingerprint density at radius 1 is 0.903 bits per heavy atom. The van der Waals surface area contributed by atoms with Gasteiger partial charge in [0.1, 0.15) is 0 Å². The van der Waals surface area contributed by atoms with E-state index in [-0.39, 0.29) is 0 Å². The van der Waals surface area contributed by atoms with Gasteiger partial charge in [0.25, 0.3) is 0 Å². The summed E-state index contributed by atoms with van der Waals surface area (Å²) < 4.78 is 2.33. The first-order valence-corrected chi connectivity index (χ1v) is 16.7. The maximum absolute atomic E-state index is 4.93. The van der Waals surface area contributed by atoms with Crippen molar-refractivity contribution in [2.45, 2.75) is 34.6 Å². The molecule has 0 saturated carbocycles. The van der Waals surface area contributed by atoms with Crippen molar-refractivity contribution in [1.29, 1.82) is 0 Å². The molecule has 5 rings (SSSR count). The average molecular weight is 528 g/mol. The number of fused-ring (bicyclic) bond motifs is 2. The van der Waals surface area contributed by atoms with Gasteiger partial charge in [-0.2, -0.15) is 11.1 Å². The van der Waals surface area contributed by atoms with Gasteiger partial charge in [0.05, 0.1) is 5.52 Å². The minimum absolute atomic E-state index is 0.560. The van der Waals surface area contributed by atoms with Crippen LogP contribution in [0.25, 0.3) is 27.4 Å². The molecule has 158 valence electrons. The summed E-state index contributed by atoms with van der Waals surface area (Å²) >= 11 is -0.826. The van der Waals surface area contributed by atoms with Crippen LogP contribution in [0.5, 0.6) is 0 Å². The molecule has 0 fully saturated rings. The summed E-state index contributed by atoms with van der Waals surface area (Å²) in [6.07, 6.45) is 3.36. The van der Waals surface area contributed by atoms with E-state index in [1.165, 1.54) is 49.8 Å². The number of para-hydroxylation sites is 1. The van der Waals surface area contributed by atoms with Crippen LogP contribution in [-0.2, 0) is 20.8 Å². The Balaban J connectivity index is 0.000000191. The minimum atomic E-state index is -0.826. The van der Waals surface area contributed by atoms with Gasteiger partial charge in [0.15, 0.2) is 0 Å². The summed E-state index contributed by atoms with van der Waals surface area (Å²) in [5.41, 5.74) is 8.04. The van der Waals surface area contributed by atoms with Crippen LogP contribution in [0.4, 0.5) is 0 Å². The second-order valence-electron chi connectivity index (χ2n) is 7.89. The Bertz CT molecular complexity index is 1210. The number of rotatable bonds is 1. The van der Waals surface area contributed by atoms with E-state index in [2.05, 4.69) is 112 Å². The van der Waals surface area contributed by atoms with Crippen molar-refractivity contribution in [2.24, 2.45) is 5.92 Å². The molecule has 4 aromatic rings. The third-order valence-corrected chi connectivity index (χ3v) is 5.99. The van der Waals surface area contributed by atoms with E-state index in [1.807, 2.05) is 0 Å². The molecule has 0 radical (unpaired) electrons. The summed E-state index contributed by atoms with van der Waals surface area (Å²) in [7, 11) is 9.87. The fraction of sp³-hybridized carbons (Fsp3) is 0.222. The van der Waals surface area contributed by atoms with Gasteiger partial charge in [-0.15, -0.1) is 48.0 Å². The third kappa shape index (κ3) is 5.48. The number of hydrogen-bond donors (Lipinski definition) is 0. The number of aryl methyl sites for hydroxylation is 1. The molecular formula is C27H27Cl2NZr. The second-order valence-corrected chi connectivity index (χ2v) is 11.6. The Morgan fingerprint density at radius 2 is 1.52 bits per heavy atom. The second kappa shape index (κ2) is 10.9. The van der Waals surface area contributed by atoms with Crippen molar-refractivity contribution in [3.63, 3.8) is 0 Å². The number of aromatic nitrogens is 1. The van der Waals surface area contributed by atoms with E-state index < -0.39 is 20.8 Å². The topological polar surface area (TPSA) is 4.93 Å². The summed E-state index contributed by atoms with van der Waals surface area (Å²) in [5, 5.41) is 3.90. The standard InChI is InChI=1S/C18H14N.C9H13.2ClH.Zr/c1-13-10-16-8-4-5-9-18(16)19(13)17-11-14-6-2-3-7-15(14)12-17;1-6-5-7(2)9(4)8(6)3;;;/h2-12H,1H3;6H,1-4H3;2*1H;/q2*-1;;;+4/p-2. The molecule has 1 nitrogen and oxygen atoms in total. The molecule has 0 amide bonds. The van der Waals surface area contributed by atoms with Crippen molar-refractivity contribution in [2.75, 3.05) is 0 Å². The summed E-state index contributed by atoms with van der Waals surface area (Å²) in [6, 6.07) is 23.8. The van der Waals surface area contributed by atoms with Crippen LogP contribution >= 0.6 is 17.0 Å². The van der Waals surface area contributed by atoms with Gasteiger partial charge >= 0.3 is 37.9 Å². The number of halogens is 2. The van der Waals surface area contributed by atoms with Crippen molar-refractivity contribution in [3.05, 3.63) is 95.2 Å². The molecular weight excluding hydrogens is 500 g/mol. The van der Waals surface area contributed by atoms with Gasteiger partial charge in [-0.25, -0.2) is 5.57 Å². The van der Waals surface area contributed by atoms with Gasteiger partial charge < -0.3 is 4.57 Å². The SMILES string of the molecule is CC1=[C-]C(C)C(C)=C1C.Cc1cc2ccccc2n1-c1cc2ccccc2[cH-]1.[Cl][Zr+2][Cl]. The molecule has 0 spiro atoms. The quantitative estimate of drug-likeness (QED) is 0.218. The van der Waals surface area contributed by atoms with Crippen molar-refractivity contribution >= 4 is 38.7 Å². The molecule has 4 heteroatoms. The van der Waals surface area contributed by atoms with Crippen molar-refractivity contribution in [1.82, 2.24) is 4.57 Å². The Labute approximate surface area is 204 Å². The molecule has 1 aliphatic rings. The van der Waals surface area contributed by atoms with Crippen molar-refractivity contribution in [3.8, 4) is 5.69 Å². The van der Waals surface area contributed by atoms with Crippen molar-refractivity contribution < 1.29 is 20.8 Å². The first-order valence-electron chi connectivity index (χ1n) is 10.3. The zero-order valence-electron chi connectivity index (χ0n) is 18.6. The first kappa shape index (κ1) is 24.2. The molecule has 31 heavy (non-hydrogen) atoms. The van der Waals surface area contributed by atoms with Crippen LogP contribution in [0.2, 0.25) is 0 Å². The first-order chi connectivity index (χ1) is 14.9. The van der Waals surface area contributed by atoms with E-state index in [0.717, 1.165) is 0 Å². The molecule has 1 aliphatic carbocycles. The van der Waals surface area contributed by atoms with E-state index >= 15 is 0 Å². The van der Waals surface area contributed by atoms with Crippen LogP contribution in [-0.4, -0.2) is 4.57 Å². The fourth-order valence-electron chi connectivity index (χ4n) is 4.06. The van der Waals surface area contributed by atoms with Gasteiger partial charge in [-0.3, -0.25) is 6.08 Å². The molecule has 1 atom stereocenters. The number of benzene rings is 2. The van der Waals surface area contributed by atoms with Gasteiger partial charge in [0.2, 0.25) is 0 Å². The monoisotopic (exact) mass is 525 g/mol. The van der Waals surface area contributed by atoms with Crippen LogP contribution in [0.3, 0.4) is 0 Å². The van der Waals surface area contributed by atoms with Crippen LogP contribution in [0.15, 0.2) is 83.4 Å². The van der Waals surface area contributed by atoms with Crippen LogP contribution in [0, 0.1) is 18.9 Å². The predicted octanol–water partition coefficient (Wildman–Crippen LogP) is 8.91. The van der Waals surface area contributed by atoms with E-state index in [1.54, 1.807) is 0 Å². The Morgan fingerprint density at radius 3 is 2.06 bits per heavy atom. The number of nitrogens with zero attached hydrogens (tertiary/aromatic N) is 1. The molecule has 0 bridgehead atoms. The van der Waals surface area contributed by atoms with Gasteiger partial charge in [0, 0.05) is 11.1 Å². The molecule has 3 aromatic carbocycles. The molecule has 0 N–H and O–H groups in total. The maximum atomic E-state index is 4.93. The molecule has 0 aliphatic heterocycles. The zero-order chi connectivity index (χ0) is 22.5. The van der Waals surface area contributed by atoms with Gasteiger partial charge in [-0.1, -0.05) is 51.0 Å². The summed E-state index contributed by atoms with van der Waals surface area (Å²) in [6.45, 7) is 10.8. The molecule has 1 aromatic heterocycles. The number of hydrogen-bond acceptors (Lipinski definition) is 0. The van der Waals surface area contributed by atoms with E-state index in [0.29, 0.717) is 5.92 Å². The molecule has 1 heterocycles. The predicted molar refractivity (Wildman–Crippen MR) is 133 cm³/mol. The Kier molecular flexibility index (Phi) is 8.51. The van der Waals surface area contributed by atoms with Gasteiger partial charge in [-0.05, 0) is 24.7 Å². The van der Waals surface area contributed by atoms with E-state index in [4.69, 9.17) is 17.0 Å². The van der Waals surface area contributed by atoms with Crippen LogP contribution in [0.1, 0.15) is 33.4 Å². The Hall–Kier alpha value is -1.47. The van der Waals surface area contributed by atoms with E-state index in [9.17, 15) is 0 Å². The normalized spacial score (nSPS) is 15.2. The average Bonchev–Trinajstić information content (AvgIpc) is 3.38.